The van der Waals surface area contributed by atoms with E-state index in [-0.39, 0.29) is 0 Å². The maximum Gasteiger partial charge on any atom is 0.227 e. The zero-order valence-electron chi connectivity index (χ0n) is 10.5. The largest absolute Gasteiger partial charge is 0.324 e. The number of aromatic amines is 1. The summed E-state index contributed by atoms with van der Waals surface area (Å²) in [6, 6.07) is 13.9. The molecule has 4 aromatic rings. The minimum absolute atomic E-state index is 0.589. The van der Waals surface area contributed by atoms with E-state index in [4.69, 9.17) is 0 Å². The van der Waals surface area contributed by atoms with E-state index in [1.807, 2.05) is 48.7 Å². The Morgan fingerprint density at radius 2 is 1.90 bits per heavy atom. The van der Waals surface area contributed by atoms with Crippen LogP contribution in [0, 0.1) is 0 Å². The average Bonchev–Trinajstić information content (AvgIpc) is 2.95. The first-order chi connectivity index (χ1) is 9.88. The third kappa shape index (κ3) is 1.85. The maximum atomic E-state index is 4.49. The van der Waals surface area contributed by atoms with Gasteiger partial charge in [0.1, 0.15) is 0 Å². The Morgan fingerprint density at radius 3 is 2.90 bits per heavy atom. The van der Waals surface area contributed by atoms with E-state index in [2.05, 4.69) is 25.5 Å². The number of anilines is 2. The zero-order valence-corrected chi connectivity index (χ0v) is 10.5. The van der Waals surface area contributed by atoms with E-state index in [9.17, 15) is 0 Å². The standard InChI is InChI=1S/C15H11N5/c1-2-4-13-10(3-1)8-16-15(19-13)18-12-5-6-14-11(7-12)9-17-20-14/h1-9H,(H,17,20)(H,16,18,19). The summed E-state index contributed by atoms with van der Waals surface area (Å²) in [5, 5.41) is 12.2. The molecule has 0 saturated carbocycles. The van der Waals surface area contributed by atoms with Crippen molar-refractivity contribution in [2.75, 3.05) is 5.32 Å². The number of hydrogen-bond acceptors (Lipinski definition) is 4. The molecular weight excluding hydrogens is 250 g/mol. The number of aromatic nitrogens is 4. The van der Waals surface area contributed by atoms with Crippen LogP contribution in [0.1, 0.15) is 0 Å². The van der Waals surface area contributed by atoms with Crippen LogP contribution in [-0.4, -0.2) is 20.2 Å². The normalized spacial score (nSPS) is 11.0. The predicted molar refractivity (Wildman–Crippen MR) is 78.9 cm³/mol. The van der Waals surface area contributed by atoms with Gasteiger partial charge in [0.15, 0.2) is 0 Å². The molecule has 0 aliphatic rings. The highest BCUT2D eigenvalue weighted by molar-refractivity contribution is 5.83. The van der Waals surface area contributed by atoms with Crippen LogP contribution >= 0.6 is 0 Å². The monoisotopic (exact) mass is 261 g/mol. The Labute approximate surface area is 114 Å². The van der Waals surface area contributed by atoms with Crippen LogP contribution in [0.5, 0.6) is 0 Å². The number of fused-ring (bicyclic) bond motifs is 2. The van der Waals surface area contributed by atoms with Gasteiger partial charge in [-0.2, -0.15) is 5.10 Å². The van der Waals surface area contributed by atoms with Gasteiger partial charge in [-0.1, -0.05) is 18.2 Å². The molecule has 2 N–H and O–H groups in total. The van der Waals surface area contributed by atoms with Crippen molar-refractivity contribution in [1.29, 1.82) is 0 Å². The number of nitrogens with zero attached hydrogens (tertiary/aromatic N) is 3. The van der Waals surface area contributed by atoms with Crippen molar-refractivity contribution in [2.45, 2.75) is 0 Å². The van der Waals surface area contributed by atoms with Crippen LogP contribution < -0.4 is 5.32 Å². The molecule has 0 unspecified atom stereocenters. The second-order valence-electron chi connectivity index (χ2n) is 4.55. The Hall–Kier alpha value is -2.95. The second-order valence-corrected chi connectivity index (χ2v) is 4.55. The topological polar surface area (TPSA) is 66.5 Å². The van der Waals surface area contributed by atoms with Crippen LogP contribution in [0.25, 0.3) is 21.8 Å². The molecule has 4 rings (SSSR count). The Morgan fingerprint density at radius 1 is 0.950 bits per heavy atom. The van der Waals surface area contributed by atoms with Gasteiger partial charge in [-0.15, -0.1) is 0 Å². The van der Waals surface area contributed by atoms with Crippen molar-refractivity contribution in [3.05, 3.63) is 54.9 Å². The number of rotatable bonds is 2. The zero-order chi connectivity index (χ0) is 13.4. The molecule has 0 spiro atoms. The van der Waals surface area contributed by atoms with Crippen molar-refractivity contribution in [1.82, 2.24) is 20.2 Å². The highest BCUT2D eigenvalue weighted by Crippen LogP contribution is 2.20. The first-order valence-electron chi connectivity index (χ1n) is 6.30. The molecule has 0 atom stereocenters. The van der Waals surface area contributed by atoms with Crippen LogP contribution in [0.2, 0.25) is 0 Å². The summed E-state index contributed by atoms with van der Waals surface area (Å²) in [7, 11) is 0. The van der Waals surface area contributed by atoms with Gasteiger partial charge in [-0.25, -0.2) is 9.97 Å². The third-order valence-electron chi connectivity index (χ3n) is 3.19. The smallest absolute Gasteiger partial charge is 0.227 e. The third-order valence-corrected chi connectivity index (χ3v) is 3.19. The van der Waals surface area contributed by atoms with E-state index in [1.54, 1.807) is 6.20 Å². The molecule has 20 heavy (non-hydrogen) atoms. The van der Waals surface area contributed by atoms with Gasteiger partial charge in [0.05, 0.1) is 17.2 Å². The molecule has 5 nitrogen and oxygen atoms in total. The fourth-order valence-electron chi connectivity index (χ4n) is 2.18. The Bertz CT molecular complexity index is 897. The Balaban J connectivity index is 1.72. The Kier molecular flexibility index (Phi) is 2.35. The highest BCUT2D eigenvalue weighted by atomic mass is 15.1. The molecule has 0 radical (unpaired) electrons. The summed E-state index contributed by atoms with van der Waals surface area (Å²) in [6.45, 7) is 0. The quantitative estimate of drug-likeness (QED) is 0.581. The van der Waals surface area contributed by atoms with Gasteiger partial charge in [-0.3, -0.25) is 5.10 Å². The molecule has 0 amide bonds. The first kappa shape index (κ1) is 10.9. The van der Waals surface area contributed by atoms with Crippen LogP contribution in [0.15, 0.2) is 54.9 Å². The molecule has 2 aromatic heterocycles. The fourth-order valence-corrected chi connectivity index (χ4v) is 2.18. The lowest BCUT2D eigenvalue weighted by Crippen LogP contribution is -1.96. The van der Waals surface area contributed by atoms with Crippen LogP contribution in [-0.2, 0) is 0 Å². The first-order valence-corrected chi connectivity index (χ1v) is 6.30. The van der Waals surface area contributed by atoms with Crippen LogP contribution in [0.4, 0.5) is 11.6 Å². The van der Waals surface area contributed by atoms with Gasteiger partial charge in [-0.05, 0) is 24.3 Å². The van der Waals surface area contributed by atoms with Crippen molar-refractivity contribution < 1.29 is 0 Å². The molecule has 0 fully saturated rings. The predicted octanol–water partition coefficient (Wildman–Crippen LogP) is 3.25. The molecule has 5 heteroatoms. The van der Waals surface area contributed by atoms with Gasteiger partial charge in [0.25, 0.3) is 0 Å². The van der Waals surface area contributed by atoms with Crippen molar-refractivity contribution in [3.63, 3.8) is 0 Å². The van der Waals surface area contributed by atoms with Crippen LogP contribution in [0.3, 0.4) is 0 Å². The van der Waals surface area contributed by atoms with E-state index < -0.39 is 0 Å². The van der Waals surface area contributed by atoms with Gasteiger partial charge in [0, 0.05) is 22.7 Å². The molecule has 2 aromatic carbocycles. The number of nitrogens with one attached hydrogen (secondary N) is 2. The van der Waals surface area contributed by atoms with E-state index in [1.165, 1.54) is 0 Å². The highest BCUT2D eigenvalue weighted by Gasteiger charge is 2.02. The van der Waals surface area contributed by atoms with Gasteiger partial charge in [0.2, 0.25) is 5.95 Å². The molecule has 2 heterocycles. The average molecular weight is 261 g/mol. The molecular formula is C15H11N5. The van der Waals surface area contributed by atoms with E-state index in [0.29, 0.717) is 5.95 Å². The number of benzene rings is 2. The van der Waals surface area contributed by atoms with E-state index >= 15 is 0 Å². The lowest BCUT2D eigenvalue weighted by Gasteiger charge is -2.05. The van der Waals surface area contributed by atoms with Crippen molar-refractivity contribution in [2.24, 2.45) is 0 Å². The minimum atomic E-state index is 0.589. The molecule has 0 aliphatic carbocycles. The summed E-state index contributed by atoms with van der Waals surface area (Å²) < 4.78 is 0. The summed E-state index contributed by atoms with van der Waals surface area (Å²) in [5.41, 5.74) is 2.87. The fraction of sp³-hybridized carbons (Fsp3) is 0. The van der Waals surface area contributed by atoms with Crippen molar-refractivity contribution >= 4 is 33.4 Å². The summed E-state index contributed by atoms with van der Waals surface area (Å²) in [5.74, 6) is 0.589. The number of H-pyrrole nitrogens is 1. The lowest BCUT2D eigenvalue weighted by atomic mass is 10.2. The second kappa shape index (κ2) is 4.31. The maximum absolute atomic E-state index is 4.49. The summed E-state index contributed by atoms with van der Waals surface area (Å²) in [6.07, 6.45) is 3.61. The SMILES string of the molecule is c1ccc2nc(Nc3ccc4[nH]ncc4c3)ncc2c1. The van der Waals surface area contributed by atoms with E-state index in [0.717, 1.165) is 27.5 Å². The number of hydrogen-bond donors (Lipinski definition) is 2. The molecule has 96 valence electrons. The number of para-hydroxylation sites is 1. The lowest BCUT2D eigenvalue weighted by molar-refractivity contribution is 1.12. The summed E-state index contributed by atoms with van der Waals surface area (Å²) >= 11 is 0. The molecule has 0 bridgehead atoms. The van der Waals surface area contributed by atoms with Gasteiger partial charge >= 0.3 is 0 Å². The van der Waals surface area contributed by atoms with Crippen molar-refractivity contribution in [3.8, 4) is 0 Å². The summed E-state index contributed by atoms with van der Waals surface area (Å²) in [4.78, 5) is 8.82. The van der Waals surface area contributed by atoms with Gasteiger partial charge < -0.3 is 5.32 Å². The molecule has 0 saturated heterocycles. The molecule has 0 aliphatic heterocycles. The minimum Gasteiger partial charge on any atom is -0.324 e.